The molecular formula is C36H42N8O4. The smallest absolute Gasteiger partial charge is 0.274 e. The molecule has 2 fully saturated rings. The zero-order chi connectivity index (χ0) is 33.2. The van der Waals surface area contributed by atoms with Gasteiger partial charge in [-0.3, -0.25) is 19.3 Å². The van der Waals surface area contributed by atoms with Gasteiger partial charge in [0, 0.05) is 94.7 Å². The highest BCUT2D eigenvalue weighted by molar-refractivity contribution is 5.93. The summed E-state index contributed by atoms with van der Waals surface area (Å²) in [5.74, 6) is 1.11. The maximum absolute atomic E-state index is 13.2. The Kier molecular flexibility index (Phi) is 9.09. The lowest BCUT2D eigenvalue weighted by Crippen LogP contribution is -2.56. The number of likely N-dealkylation sites (N-methyl/N-ethyl adjacent to an activating group) is 1. The Balaban J connectivity index is 1.08. The van der Waals surface area contributed by atoms with Crippen LogP contribution < -0.4 is 20.7 Å². The van der Waals surface area contributed by atoms with Gasteiger partial charge in [0.05, 0.1) is 36.7 Å². The van der Waals surface area contributed by atoms with E-state index in [2.05, 4.69) is 29.7 Å². The first kappa shape index (κ1) is 31.8. The van der Waals surface area contributed by atoms with Gasteiger partial charge in [-0.15, -0.1) is 0 Å². The molecule has 0 saturated carbocycles. The molecule has 0 unspecified atom stereocenters. The average Bonchev–Trinajstić information content (AvgIpc) is 3.46. The first-order valence-corrected chi connectivity index (χ1v) is 16.8. The Morgan fingerprint density at radius 1 is 1.02 bits per heavy atom. The predicted molar refractivity (Wildman–Crippen MR) is 186 cm³/mol. The number of nitrogens with zero attached hydrogens (tertiary/aromatic N) is 7. The lowest BCUT2D eigenvalue weighted by Gasteiger charge is -2.43. The standard InChI is InChI=1S/C36H42N8O4/c1-40(12-9-33-26(21-45)17-27-5-3-4-11-44(27)33)35-31(22-46)30(8-10-37-35)25-18-32(36(47)41(2)20-25)39-34-7-6-28(19-38-34)42-13-15-43(16-14-42)29-23-48-24-29/h6-8,10,17-22,29H,3-5,9,11-16,23-24H2,1-2H3,(H,38,39). The monoisotopic (exact) mass is 650 g/mol. The van der Waals surface area contributed by atoms with Crippen molar-refractivity contribution in [1.29, 1.82) is 0 Å². The third-order valence-electron chi connectivity index (χ3n) is 9.97. The largest absolute Gasteiger partial charge is 0.378 e. The van der Waals surface area contributed by atoms with Crippen LogP contribution in [0.5, 0.6) is 0 Å². The van der Waals surface area contributed by atoms with Crippen molar-refractivity contribution in [2.45, 2.75) is 38.3 Å². The molecular weight excluding hydrogens is 608 g/mol. The molecule has 3 aliphatic heterocycles. The fourth-order valence-electron chi connectivity index (χ4n) is 7.14. The number of rotatable bonds is 11. The maximum Gasteiger partial charge on any atom is 0.274 e. The fourth-order valence-corrected chi connectivity index (χ4v) is 7.14. The topological polar surface area (TPSA) is 118 Å². The van der Waals surface area contributed by atoms with Crippen molar-refractivity contribution in [3.8, 4) is 11.1 Å². The zero-order valence-corrected chi connectivity index (χ0v) is 27.6. The van der Waals surface area contributed by atoms with E-state index >= 15 is 0 Å². The SMILES string of the molecule is CN(CCc1c(C=O)cc2n1CCCC2)c1nccc(-c2cc(Nc3ccc(N4CCN(C5COC5)CC4)cn3)c(=O)n(C)c2)c1C=O. The van der Waals surface area contributed by atoms with E-state index in [0.29, 0.717) is 53.0 Å². The van der Waals surface area contributed by atoms with E-state index in [1.54, 1.807) is 31.6 Å². The number of carbonyl (C=O) groups excluding carboxylic acids is 2. The normalized spacial score (nSPS) is 16.7. The van der Waals surface area contributed by atoms with Crippen LogP contribution in [0, 0.1) is 0 Å². The van der Waals surface area contributed by atoms with Gasteiger partial charge in [0.15, 0.2) is 12.6 Å². The van der Waals surface area contributed by atoms with Gasteiger partial charge < -0.3 is 29.0 Å². The molecule has 12 heteroatoms. The van der Waals surface area contributed by atoms with Crippen LogP contribution in [0.1, 0.15) is 44.9 Å². The molecule has 2 saturated heterocycles. The van der Waals surface area contributed by atoms with E-state index in [-0.39, 0.29) is 5.56 Å². The summed E-state index contributed by atoms with van der Waals surface area (Å²) in [6, 6.07) is 10.0. The van der Waals surface area contributed by atoms with Crippen molar-refractivity contribution in [1.82, 2.24) is 24.0 Å². The summed E-state index contributed by atoms with van der Waals surface area (Å²) in [7, 11) is 3.60. The Morgan fingerprint density at radius 2 is 1.85 bits per heavy atom. The highest BCUT2D eigenvalue weighted by Crippen LogP contribution is 2.30. The Hall–Kier alpha value is -4.81. The van der Waals surface area contributed by atoms with E-state index in [9.17, 15) is 14.4 Å². The Labute approximate surface area is 280 Å². The highest BCUT2D eigenvalue weighted by atomic mass is 16.5. The average molecular weight is 651 g/mol. The molecule has 4 aromatic rings. The molecule has 4 aromatic heterocycles. The first-order valence-electron chi connectivity index (χ1n) is 16.8. The number of pyridine rings is 3. The Morgan fingerprint density at radius 3 is 2.56 bits per heavy atom. The van der Waals surface area contributed by atoms with Gasteiger partial charge in [-0.05, 0) is 55.2 Å². The number of hydrogen-bond acceptors (Lipinski definition) is 10. The van der Waals surface area contributed by atoms with E-state index in [0.717, 1.165) is 94.7 Å². The molecule has 1 N–H and O–H groups in total. The van der Waals surface area contributed by atoms with Crippen LogP contribution >= 0.6 is 0 Å². The molecule has 0 radical (unpaired) electrons. The number of carbonyl (C=O) groups is 2. The number of aldehydes is 2. The van der Waals surface area contributed by atoms with E-state index < -0.39 is 0 Å². The molecule has 0 amide bonds. The predicted octanol–water partition coefficient (Wildman–Crippen LogP) is 3.55. The van der Waals surface area contributed by atoms with Gasteiger partial charge in [-0.2, -0.15) is 0 Å². The van der Waals surface area contributed by atoms with Crippen LogP contribution in [-0.2, 0) is 31.2 Å². The summed E-state index contributed by atoms with van der Waals surface area (Å²) in [4.78, 5) is 53.6. The number of piperazine rings is 1. The molecule has 0 atom stereocenters. The van der Waals surface area contributed by atoms with Gasteiger partial charge in [0.2, 0.25) is 0 Å². The van der Waals surface area contributed by atoms with Gasteiger partial charge in [-0.25, -0.2) is 9.97 Å². The van der Waals surface area contributed by atoms with Crippen molar-refractivity contribution in [2.24, 2.45) is 7.05 Å². The number of ether oxygens (including phenoxy) is 1. The van der Waals surface area contributed by atoms with Crippen LogP contribution in [0.2, 0.25) is 0 Å². The van der Waals surface area contributed by atoms with Gasteiger partial charge in [0.25, 0.3) is 5.56 Å². The number of aryl methyl sites for hydroxylation is 2. The number of nitrogens with one attached hydrogen (secondary N) is 1. The van der Waals surface area contributed by atoms with Crippen molar-refractivity contribution in [2.75, 3.05) is 68.1 Å². The van der Waals surface area contributed by atoms with Gasteiger partial charge >= 0.3 is 0 Å². The molecule has 0 bridgehead atoms. The lowest BCUT2D eigenvalue weighted by atomic mass is 10.0. The van der Waals surface area contributed by atoms with Crippen LogP contribution in [-0.4, -0.2) is 95.6 Å². The number of anilines is 4. The molecule has 0 spiro atoms. The lowest BCUT2D eigenvalue weighted by molar-refractivity contribution is -0.0660. The van der Waals surface area contributed by atoms with Crippen molar-refractivity contribution < 1.29 is 14.3 Å². The fraction of sp³-hybridized carbons (Fsp3) is 0.417. The minimum atomic E-state index is -0.207. The van der Waals surface area contributed by atoms with Crippen LogP contribution in [0.15, 0.2) is 53.7 Å². The van der Waals surface area contributed by atoms with Gasteiger partial charge in [-0.1, -0.05) is 0 Å². The second-order valence-electron chi connectivity index (χ2n) is 12.9. The molecule has 7 heterocycles. The minimum absolute atomic E-state index is 0.207. The summed E-state index contributed by atoms with van der Waals surface area (Å²) >= 11 is 0. The number of hydrogen-bond donors (Lipinski definition) is 1. The quantitative estimate of drug-likeness (QED) is 0.242. The number of aromatic nitrogens is 4. The second-order valence-corrected chi connectivity index (χ2v) is 12.9. The van der Waals surface area contributed by atoms with E-state index in [4.69, 9.17) is 4.74 Å². The first-order chi connectivity index (χ1) is 23.4. The summed E-state index contributed by atoms with van der Waals surface area (Å²) in [5.41, 5.74) is 6.00. The third-order valence-corrected chi connectivity index (χ3v) is 9.97. The summed E-state index contributed by atoms with van der Waals surface area (Å²) in [6.45, 7) is 7.04. The minimum Gasteiger partial charge on any atom is -0.378 e. The summed E-state index contributed by atoms with van der Waals surface area (Å²) in [5, 5.41) is 3.21. The summed E-state index contributed by atoms with van der Waals surface area (Å²) in [6.07, 6.45) is 10.9. The highest BCUT2D eigenvalue weighted by Gasteiger charge is 2.29. The molecule has 12 nitrogen and oxygen atoms in total. The van der Waals surface area contributed by atoms with Crippen molar-refractivity contribution in [3.05, 3.63) is 81.8 Å². The molecule has 3 aliphatic rings. The maximum atomic E-state index is 13.2. The van der Waals surface area contributed by atoms with E-state index in [1.165, 1.54) is 10.3 Å². The van der Waals surface area contributed by atoms with Crippen LogP contribution in [0.3, 0.4) is 0 Å². The van der Waals surface area contributed by atoms with E-state index in [1.807, 2.05) is 36.3 Å². The second kappa shape index (κ2) is 13.7. The number of fused-ring (bicyclic) bond motifs is 1. The van der Waals surface area contributed by atoms with Crippen molar-refractivity contribution >= 4 is 35.6 Å². The third kappa shape index (κ3) is 6.25. The molecule has 0 aliphatic carbocycles. The molecule has 48 heavy (non-hydrogen) atoms. The molecule has 7 rings (SSSR count). The van der Waals surface area contributed by atoms with Crippen LogP contribution in [0.25, 0.3) is 11.1 Å². The summed E-state index contributed by atoms with van der Waals surface area (Å²) < 4.78 is 9.14. The zero-order valence-electron chi connectivity index (χ0n) is 27.6. The van der Waals surface area contributed by atoms with Gasteiger partial charge in [0.1, 0.15) is 17.3 Å². The van der Waals surface area contributed by atoms with Crippen LogP contribution in [0.4, 0.5) is 23.0 Å². The molecule has 0 aromatic carbocycles. The Bertz CT molecular complexity index is 1850. The van der Waals surface area contributed by atoms with Crippen molar-refractivity contribution in [3.63, 3.8) is 0 Å². The molecule has 250 valence electrons.